The number of hydrogen-bond donors (Lipinski definition) is 3. The number of aliphatic carboxylic acids is 1. The molecule has 0 spiro atoms. The van der Waals surface area contributed by atoms with Crippen molar-refractivity contribution in [2.45, 2.75) is 13.0 Å². The lowest BCUT2D eigenvalue weighted by Crippen LogP contribution is -2.41. The molecule has 3 N–H and O–H groups in total. The number of nitrogens with zero attached hydrogens (tertiary/aromatic N) is 3. The SMILES string of the molecule is C[C@@H](NC(=O)Nc1ncnn1C)C(=O)O. The molecule has 1 atom stereocenters. The van der Waals surface area contributed by atoms with Crippen molar-refractivity contribution in [2.75, 3.05) is 5.32 Å². The Balaban J connectivity index is 2.50. The first-order valence-electron chi connectivity index (χ1n) is 4.15. The Morgan fingerprint density at radius 1 is 1.60 bits per heavy atom. The third kappa shape index (κ3) is 2.93. The highest BCUT2D eigenvalue weighted by atomic mass is 16.4. The lowest BCUT2D eigenvalue weighted by Gasteiger charge is -2.09. The molecule has 1 aromatic rings. The lowest BCUT2D eigenvalue weighted by atomic mass is 10.3. The maximum atomic E-state index is 11.2. The van der Waals surface area contributed by atoms with E-state index in [-0.39, 0.29) is 5.95 Å². The Morgan fingerprint density at radius 2 is 2.27 bits per heavy atom. The number of carbonyl (C=O) groups excluding carboxylic acids is 1. The van der Waals surface area contributed by atoms with Crippen LogP contribution in [0.15, 0.2) is 6.33 Å². The van der Waals surface area contributed by atoms with Gasteiger partial charge in [-0.3, -0.25) is 10.1 Å². The van der Waals surface area contributed by atoms with Gasteiger partial charge in [-0.15, -0.1) is 0 Å². The smallest absolute Gasteiger partial charge is 0.325 e. The fourth-order valence-corrected chi connectivity index (χ4v) is 0.805. The number of carboxylic acids is 1. The molecule has 1 aromatic heterocycles. The molecule has 8 nitrogen and oxygen atoms in total. The van der Waals surface area contributed by atoms with Crippen LogP contribution in [0.1, 0.15) is 6.92 Å². The van der Waals surface area contributed by atoms with Gasteiger partial charge in [0.25, 0.3) is 0 Å². The Morgan fingerprint density at radius 3 is 2.73 bits per heavy atom. The third-order valence-electron chi connectivity index (χ3n) is 1.65. The summed E-state index contributed by atoms with van der Waals surface area (Å²) in [6, 6.07) is -1.60. The zero-order chi connectivity index (χ0) is 11.4. The molecule has 1 rings (SSSR count). The van der Waals surface area contributed by atoms with E-state index in [1.807, 2.05) is 0 Å². The molecule has 0 fully saturated rings. The number of amides is 2. The van der Waals surface area contributed by atoms with Gasteiger partial charge in [0.15, 0.2) is 0 Å². The minimum atomic E-state index is -1.11. The largest absolute Gasteiger partial charge is 0.480 e. The highest BCUT2D eigenvalue weighted by Crippen LogP contribution is 1.97. The number of rotatable bonds is 3. The predicted octanol–water partition coefficient (Wildman–Crippen LogP) is -0.590. The quantitative estimate of drug-likeness (QED) is 0.621. The maximum Gasteiger partial charge on any atom is 0.325 e. The topological polar surface area (TPSA) is 109 Å². The molecule has 0 radical (unpaired) electrons. The first kappa shape index (κ1) is 11.0. The highest BCUT2D eigenvalue weighted by molar-refractivity contribution is 5.90. The number of aryl methyl sites for hydroxylation is 1. The van der Waals surface area contributed by atoms with Crippen LogP contribution in [-0.4, -0.2) is 37.9 Å². The van der Waals surface area contributed by atoms with Gasteiger partial charge in [-0.2, -0.15) is 10.1 Å². The molecule has 0 saturated heterocycles. The molecule has 82 valence electrons. The summed E-state index contributed by atoms with van der Waals surface area (Å²) in [5.41, 5.74) is 0. The van der Waals surface area contributed by atoms with E-state index in [0.29, 0.717) is 0 Å². The van der Waals surface area contributed by atoms with Crippen LogP contribution in [0.25, 0.3) is 0 Å². The van der Waals surface area contributed by atoms with E-state index in [9.17, 15) is 9.59 Å². The Kier molecular flexibility index (Phi) is 3.21. The number of anilines is 1. The number of carboxylic acid groups (broad SMARTS) is 1. The second-order valence-corrected chi connectivity index (χ2v) is 2.87. The monoisotopic (exact) mass is 213 g/mol. The number of carbonyl (C=O) groups is 2. The van der Waals surface area contributed by atoms with Gasteiger partial charge in [0, 0.05) is 7.05 Å². The molecule has 0 aliphatic heterocycles. The fraction of sp³-hybridized carbons (Fsp3) is 0.429. The summed E-state index contributed by atoms with van der Waals surface area (Å²) in [6.45, 7) is 1.36. The zero-order valence-electron chi connectivity index (χ0n) is 8.26. The predicted molar refractivity (Wildman–Crippen MR) is 50.3 cm³/mol. The molecule has 2 amide bonds. The summed E-state index contributed by atoms with van der Waals surface area (Å²) in [5.74, 6) is -0.867. The van der Waals surface area contributed by atoms with Crippen LogP contribution in [0.5, 0.6) is 0 Å². The molecule has 0 saturated carbocycles. The van der Waals surface area contributed by atoms with Crippen molar-refractivity contribution >= 4 is 17.9 Å². The normalized spacial score (nSPS) is 11.9. The van der Waals surface area contributed by atoms with Crippen LogP contribution in [-0.2, 0) is 11.8 Å². The summed E-state index contributed by atoms with van der Waals surface area (Å²) in [4.78, 5) is 25.4. The highest BCUT2D eigenvalue weighted by Gasteiger charge is 2.14. The van der Waals surface area contributed by atoms with Crippen molar-refractivity contribution in [1.29, 1.82) is 0 Å². The summed E-state index contributed by atoms with van der Waals surface area (Å²) in [6.07, 6.45) is 1.27. The van der Waals surface area contributed by atoms with Gasteiger partial charge in [-0.1, -0.05) is 0 Å². The molecule has 1 heterocycles. The molecule has 8 heteroatoms. The van der Waals surface area contributed by atoms with Gasteiger partial charge in [0.1, 0.15) is 12.4 Å². The van der Waals surface area contributed by atoms with Gasteiger partial charge in [0.2, 0.25) is 5.95 Å². The zero-order valence-corrected chi connectivity index (χ0v) is 8.26. The molecule has 0 aliphatic carbocycles. The fourth-order valence-electron chi connectivity index (χ4n) is 0.805. The number of nitrogens with one attached hydrogen (secondary N) is 2. The molecule has 0 bridgehead atoms. The van der Waals surface area contributed by atoms with Crippen LogP contribution >= 0.6 is 0 Å². The van der Waals surface area contributed by atoms with E-state index >= 15 is 0 Å². The van der Waals surface area contributed by atoms with Crippen LogP contribution in [0, 0.1) is 0 Å². The van der Waals surface area contributed by atoms with Gasteiger partial charge < -0.3 is 10.4 Å². The minimum Gasteiger partial charge on any atom is -0.480 e. The lowest BCUT2D eigenvalue weighted by molar-refractivity contribution is -0.138. The van der Waals surface area contributed by atoms with Crippen LogP contribution in [0.2, 0.25) is 0 Å². The van der Waals surface area contributed by atoms with E-state index in [1.165, 1.54) is 17.9 Å². The first-order chi connectivity index (χ1) is 7.00. The second kappa shape index (κ2) is 4.40. The Labute approximate surface area is 85.3 Å². The van der Waals surface area contributed by atoms with Gasteiger partial charge >= 0.3 is 12.0 Å². The van der Waals surface area contributed by atoms with E-state index in [4.69, 9.17) is 5.11 Å². The summed E-state index contributed by atoms with van der Waals surface area (Å²) >= 11 is 0. The van der Waals surface area contributed by atoms with Crippen molar-refractivity contribution in [2.24, 2.45) is 7.05 Å². The van der Waals surface area contributed by atoms with Crippen molar-refractivity contribution in [3.8, 4) is 0 Å². The van der Waals surface area contributed by atoms with Crippen LogP contribution in [0.3, 0.4) is 0 Å². The molecular weight excluding hydrogens is 202 g/mol. The molecule has 15 heavy (non-hydrogen) atoms. The standard InChI is InChI=1S/C7H11N5O3/c1-4(5(13)14)10-7(15)11-6-8-3-9-12(6)2/h3-4H,1-2H3,(H,13,14)(H2,8,9,10,11,15)/t4-/m1/s1. The van der Waals surface area contributed by atoms with Crippen molar-refractivity contribution in [1.82, 2.24) is 20.1 Å². The van der Waals surface area contributed by atoms with Crippen molar-refractivity contribution in [3.63, 3.8) is 0 Å². The van der Waals surface area contributed by atoms with Crippen molar-refractivity contribution < 1.29 is 14.7 Å². The average Bonchev–Trinajstić information content (AvgIpc) is 2.51. The third-order valence-corrected chi connectivity index (χ3v) is 1.65. The van der Waals surface area contributed by atoms with E-state index in [1.54, 1.807) is 7.05 Å². The summed E-state index contributed by atoms with van der Waals surface area (Å²) in [5, 5.41) is 16.8. The van der Waals surface area contributed by atoms with Gasteiger partial charge in [-0.05, 0) is 6.92 Å². The number of hydrogen-bond acceptors (Lipinski definition) is 4. The second-order valence-electron chi connectivity index (χ2n) is 2.87. The van der Waals surface area contributed by atoms with Crippen LogP contribution < -0.4 is 10.6 Å². The van der Waals surface area contributed by atoms with E-state index < -0.39 is 18.0 Å². The molecular formula is C7H11N5O3. The maximum absolute atomic E-state index is 11.2. The Bertz CT molecular complexity index is 374. The molecule has 0 aliphatic rings. The Hall–Kier alpha value is -2.12. The van der Waals surface area contributed by atoms with Gasteiger partial charge in [-0.25, -0.2) is 9.48 Å². The minimum absolute atomic E-state index is 0.241. The first-order valence-corrected chi connectivity index (χ1v) is 4.15. The average molecular weight is 213 g/mol. The van der Waals surface area contributed by atoms with Gasteiger partial charge in [0.05, 0.1) is 0 Å². The number of urea groups is 1. The summed E-state index contributed by atoms with van der Waals surface area (Å²) < 4.78 is 1.35. The molecule has 0 unspecified atom stereocenters. The number of aromatic nitrogens is 3. The van der Waals surface area contributed by atoms with E-state index in [0.717, 1.165) is 0 Å². The van der Waals surface area contributed by atoms with E-state index in [2.05, 4.69) is 20.7 Å². The van der Waals surface area contributed by atoms with Crippen LogP contribution in [0.4, 0.5) is 10.7 Å². The summed E-state index contributed by atoms with van der Waals surface area (Å²) in [7, 11) is 1.60. The van der Waals surface area contributed by atoms with Crippen molar-refractivity contribution in [3.05, 3.63) is 6.33 Å². The molecule has 0 aromatic carbocycles.